The molecule has 1 aliphatic carbocycles. The highest BCUT2D eigenvalue weighted by Gasteiger charge is 2.34. The summed E-state index contributed by atoms with van der Waals surface area (Å²) < 4.78 is 7.67. The van der Waals surface area contributed by atoms with Gasteiger partial charge in [0.1, 0.15) is 5.82 Å². The predicted octanol–water partition coefficient (Wildman–Crippen LogP) is 2.03. The van der Waals surface area contributed by atoms with Crippen molar-refractivity contribution in [2.24, 2.45) is 5.92 Å². The normalized spacial score (nSPS) is 27.6. The van der Waals surface area contributed by atoms with Gasteiger partial charge in [0.15, 0.2) is 5.65 Å². The van der Waals surface area contributed by atoms with Gasteiger partial charge >= 0.3 is 0 Å². The molecule has 0 spiro atoms. The fourth-order valence-corrected chi connectivity index (χ4v) is 5.50. The maximum atomic E-state index is 9.40. The minimum Gasteiger partial charge on any atom is -0.394 e. The highest BCUT2D eigenvalue weighted by molar-refractivity contribution is 5.73. The van der Waals surface area contributed by atoms with Crippen molar-refractivity contribution in [3.63, 3.8) is 0 Å². The van der Waals surface area contributed by atoms with Gasteiger partial charge in [0.25, 0.3) is 0 Å². The molecule has 6 rings (SSSR count). The van der Waals surface area contributed by atoms with Crippen LogP contribution >= 0.6 is 0 Å². The molecule has 3 aliphatic rings. The number of aliphatic hydroxyl groups is 1. The average Bonchev–Trinajstić information content (AvgIpc) is 3.53. The van der Waals surface area contributed by atoms with Gasteiger partial charge in [0.2, 0.25) is 0 Å². The number of aliphatic hydroxyl groups excluding tert-OH is 1. The topological polar surface area (TPSA) is 99.0 Å². The van der Waals surface area contributed by atoms with E-state index < -0.39 is 0 Å². The molecule has 0 bridgehead atoms. The number of nitrogens with one attached hydrogen (secondary N) is 3. The van der Waals surface area contributed by atoms with Gasteiger partial charge in [-0.25, -0.2) is 9.97 Å². The van der Waals surface area contributed by atoms with Crippen molar-refractivity contribution in [1.29, 1.82) is 0 Å². The zero-order valence-electron chi connectivity index (χ0n) is 18.7. The molecule has 4 atom stereocenters. The minimum atomic E-state index is -0.140. The third-order valence-electron chi connectivity index (χ3n) is 7.34. The number of morpholine rings is 1. The monoisotopic (exact) mass is 449 g/mol. The van der Waals surface area contributed by atoms with E-state index in [2.05, 4.69) is 53.8 Å². The number of fused-ring (bicyclic) bond motifs is 2. The summed E-state index contributed by atoms with van der Waals surface area (Å²) >= 11 is 0. The van der Waals surface area contributed by atoms with Crippen LogP contribution in [0.3, 0.4) is 0 Å². The number of rotatable bonds is 5. The Hall–Kier alpha value is -2.72. The van der Waals surface area contributed by atoms with E-state index in [9.17, 15) is 5.11 Å². The van der Waals surface area contributed by atoms with E-state index in [1.165, 1.54) is 18.4 Å². The fourth-order valence-electron chi connectivity index (χ4n) is 5.50. The van der Waals surface area contributed by atoms with Crippen LogP contribution in [0.1, 0.15) is 30.7 Å². The van der Waals surface area contributed by atoms with Gasteiger partial charge in [-0.1, -0.05) is 0 Å². The SMILES string of the molecule is OC[C@H]1CN(c2ccc(Nc3cc(C4CCC5CNNC5C4)cn4ccnc34)nc2)CCO1. The van der Waals surface area contributed by atoms with Crippen molar-refractivity contribution in [3.05, 3.63) is 48.5 Å². The van der Waals surface area contributed by atoms with Crippen molar-refractivity contribution < 1.29 is 9.84 Å². The maximum Gasteiger partial charge on any atom is 0.160 e. The summed E-state index contributed by atoms with van der Waals surface area (Å²) in [5.74, 6) is 2.07. The number of hydrogen-bond donors (Lipinski definition) is 4. The lowest BCUT2D eigenvalue weighted by atomic mass is 9.77. The van der Waals surface area contributed by atoms with Gasteiger partial charge in [-0.05, 0) is 54.9 Å². The maximum absolute atomic E-state index is 9.40. The number of ether oxygens (including phenoxy) is 1. The molecule has 9 heteroatoms. The Morgan fingerprint density at radius 2 is 2.21 bits per heavy atom. The van der Waals surface area contributed by atoms with E-state index in [0.29, 0.717) is 25.1 Å². The van der Waals surface area contributed by atoms with Gasteiger partial charge in [0, 0.05) is 44.3 Å². The van der Waals surface area contributed by atoms with Gasteiger partial charge in [0.05, 0.1) is 36.9 Å². The van der Waals surface area contributed by atoms with Crippen LogP contribution in [0.5, 0.6) is 0 Å². The van der Waals surface area contributed by atoms with Crippen LogP contribution < -0.4 is 21.1 Å². The van der Waals surface area contributed by atoms with Crippen molar-refractivity contribution in [2.75, 3.05) is 43.1 Å². The van der Waals surface area contributed by atoms with Crippen LogP contribution in [0.15, 0.2) is 43.0 Å². The fraction of sp³-hybridized carbons (Fsp3) is 0.500. The summed E-state index contributed by atoms with van der Waals surface area (Å²) in [6.07, 6.45) is 11.4. The number of aromatic nitrogens is 3. The summed E-state index contributed by atoms with van der Waals surface area (Å²) in [6.45, 7) is 3.21. The first-order valence-corrected chi connectivity index (χ1v) is 11.9. The summed E-state index contributed by atoms with van der Waals surface area (Å²) in [5.41, 5.74) is 11.1. The molecule has 3 aromatic rings. The quantitative estimate of drug-likeness (QED) is 0.470. The lowest BCUT2D eigenvalue weighted by Crippen LogP contribution is -2.44. The number of nitrogens with zero attached hydrogens (tertiary/aromatic N) is 4. The number of imidazole rings is 1. The van der Waals surface area contributed by atoms with Crippen LogP contribution in [0.25, 0.3) is 5.65 Å². The van der Waals surface area contributed by atoms with Crippen molar-refractivity contribution in [1.82, 2.24) is 25.2 Å². The van der Waals surface area contributed by atoms with E-state index in [1.54, 1.807) is 0 Å². The molecule has 9 nitrogen and oxygen atoms in total. The van der Waals surface area contributed by atoms with Crippen molar-refractivity contribution in [2.45, 2.75) is 37.3 Å². The zero-order chi connectivity index (χ0) is 22.2. The number of hydrazine groups is 1. The second-order valence-electron chi connectivity index (χ2n) is 9.40. The Kier molecular flexibility index (Phi) is 5.63. The largest absolute Gasteiger partial charge is 0.394 e. The molecular weight excluding hydrogens is 418 g/mol. The molecule has 33 heavy (non-hydrogen) atoms. The van der Waals surface area contributed by atoms with E-state index >= 15 is 0 Å². The van der Waals surface area contributed by atoms with E-state index in [-0.39, 0.29) is 12.7 Å². The molecule has 3 aromatic heterocycles. The molecular formula is C24H31N7O2. The van der Waals surface area contributed by atoms with Crippen LogP contribution in [-0.4, -0.2) is 64.5 Å². The third-order valence-corrected chi connectivity index (χ3v) is 7.34. The van der Waals surface area contributed by atoms with Gasteiger partial charge in [-0.2, -0.15) is 0 Å². The lowest BCUT2D eigenvalue weighted by Gasteiger charge is -2.33. The second kappa shape index (κ2) is 8.90. The molecule has 2 saturated heterocycles. The number of pyridine rings is 2. The minimum absolute atomic E-state index is 0.0369. The molecule has 174 valence electrons. The summed E-state index contributed by atoms with van der Waals surface area (Å²) in [6, 6.07) is 6.88. The van der Waals surface area contributed by atoms with Gasteiger partial charge in [-0.3, -0.25) is 10.9 Å². The molecule has 5 heterocycles. The molecule has 4 N–H and O–H groups in total. The lowest BCUT2D eigenvalue weighted by molar-refractivity contribution is 0.00355. The number of anilines is 3. The summed E-state index contributed by atoms with van der Waals surface area (Å²) in [4.78, 5) is 11.4. The van der Waals surface area contributed by atoms with E-state index in [4.69, 9.17) is 4.74 Å². The first-order valence-electron chi connectivity index (χ1n) is 11.9. The van der Waals surface area contributed by atoms with E-state index in [0.717, 1.165) is 48.3 Å². The Labute approximate surface area is 193 Å². The molecule has 2 aliphatic heterocycles. The van der Waals surface area contributed by atoms with Crippen LogP contribution in [0, 0.1) is 5.92 Å². The molecule has 0 aromatic carbocycles. The Balaban J connectivity index is 1.22. The Morgan fingerprint density at radius 1 is 1.24 bits per heavy atom. The molecule has 1 saturated carbocycles. The van der Waals surface area contributed by atoms with Crippen LogP contribution in [0.4, 0.5) is 17.2 Å². The van der Waals surface area contributed by atoms with Crippen molar-refractivity contribution in [3.8, 4) is 0 Å². The van der Waals surface area contributed by atoms with E-state index in [1.807, 2.05) is 24.7 Å². The highest BCUT2D eigenvalue weighted by Crippen LogP contribution is 2.38. The van der Waals surface area contributed by atoms with Crippen molar-refractivity contribution >= 4 is 22.8 Å². The Morgan fingerprint density at radius 3 is 3.09 bits per heavy atom. The third kappa shape index (κ3) is 4.17. The standard InChI is InChI=1S/C24H31N7O2/c32-15-20-14-30(7-8-33-20)19-3-4-23(26-12-19)28-22-10-18(13-31-6-5-25-24(22)31)16-1-2-17-11-27-29-21(17)9-16/h3-6,10,12-13,16-17,20-21,27,29,32H,1-2,7-9,11,14-15H2,(H,26,28)/t16?,17?,20-,21?/m1/s1. The van der Waals surface area contributed by atoms with Gasteiger partial charge in [-0.15, -0.1) is 0 Å². The first kappa shape index (κ1) is 20.9. The van der Waals surface area contributed by atoms with Crippen LogP contribution in [0.2, 0.25) is 0 Å². The first-order chi connectivity index (χ1) is 16.3. The zero-order valence-corrected chi connectivity index (χ0v) is 18.7. The highest BCUT2D eigenvalue weighted by atomic mass is 16.5. The smallest absolute Gasteiger partial charge is 0.160 e. The molecule has 3 fully saturated rings. The summed E-state index contributed by atoms with van der Waals surface area (Å²) in [5, 5.41) is 12.9. The molecule has 0 amide bonds. The van der Waals surface area contributed by atoms with Crippen LogP contribution in [-0.2, 0) is 4.74 Å². The predicted molar refractivity (Wildman–Crippen MR) is 127 cm³/mol. The van der Waals surface area contributed by atoms with Gasteiger partial charge < -0.3 is 24.5 Å². The Bertz CT molecular complexity index is 1100. The second-order valence-corrected chi connectivity index (χ2v) is 9.40. The molecule has 3 unspecified atom stereocenters. The molecule has 0 radical (unpaired) electrons. The summed E-state index contributed by atoms with van der Waals surface area (Å²) in [7, 11) is 0. The number of hydrogen-bond acceptors (Lipinski definition) is 8. The average molecular weight is 450 g/mol.